The number of para-hydroxylation sites is 1. The molecule has 5 rings (SSSR count). The smallest absolute Gasteiger partial charge is 0.343 e. The summed E-state index contributed by atoms with van der Waals surface area (Å²) in [4.78, 5) is 57.8. The number of amides is 1. The van der Waals surface area contributed by atoms with E-state index in [1.165, 1.54) is 38.6 Å². The summed E-state index contributed by atoms with van der Waals surface area (Å²) in [5, 5.41) is 13.9. The third kappa shape index (κ3) is 5.28. The van der Waals surface area contributed by atoms with Crippen molar-refractivity contribution in [3.8, 4) is 11.5 Å². The minimum absolute atomic E-state index is 0.0462. The number of benzene rings is 2. The van der Waals surface area contributed by atoms with Gasteiger partial charge in [0.2, 0.25) is 5.54 Å². The Morgan fingerprint density at radius 3 is 2.61 bits per heavy atom. The van der Waals surface area contributed by atoms with Crippen molar-refractivity contribution in [3.05, 3.63) is 82.7 Å². The van der Waals surface area contributed by atoms with Crippen LogP contribution in [0.4, 0.5) is 0 Å². The second-order valence-corrected chi connectivity index (χ2v) is 10.4. The molecular weight excluding hydrogens is 568 g/mol. The first-order valence-electron chi connectivity index (χ1n) is 14.2. The molecule has 0 spiro atoms. The molecule has 1 amide bonds. The molecule has 0 saturated carbocycles. The lowest BCUT2D eigenvalue weighted by molar-refractivity contribution is -0.156. The molecule has 3 heterocycles. The van der Waals surface area contributed by atoms with Gasteiger partial charge in [0, 0.05) is 35.8 Å². The Bertz CT molecular complexity index is 1690. The number of rotatable bonds is 11. The molecule has 12 nitrogen and oxygen atoms in total. The van der Waals surface area contributed by atoms with Crippen LogP contribution >= 0.6 is 0 Å². The first-order valence-corrected chi connectivity index (χ1v) is 14.2. The van der Waals surface area contributed by atoms with Crippen molar-refractivity contribution >= 4 is 34.5 Å². The zero-order valence-corrected chi connectivity index (χ0v) is 24.5. The van der Waals surface area contributed by atoms with Gasteiger partial charge < -0.3 is 40.3 Å². The van der Waals surface area contributed by atoms with E-state index in [0.29, 0.717) is 36.5 Å². The highest BCUT2D eigenvalue weighted by atomic mass is 16.5. The van der Waals surface area contributed by atoms with Crippen molar-refractivity contribution in [2.75, 3.05) is 40.5 Å². The molecule has 2 aliphatic heterocycles. The standard InChI is InChI=1S/C32H34N4O8/c1-42-30(40)24-15-19(28(39)22-7-3-4-8-26(22)37)17-36-14-11-21-23-16-20(44-18-27(38)34-13-6-5-12-33)9-10-25(23)35-29(21)32(24,36)31(41)43-2/h3-4,7-10,15-17,35,37H,5-6,11-14,18,33H2,1-2H3,(H,34,38). The zero-order valence-electron chi connectivity index (χ0n) is 24.5. The summed E-state index contributed by atoms with van der Waals surface area (Å²) in [6.07, 6.45) is 4.85. The molecule has 2 aromatic carbocycles. The third-order valence-corrected chi connectivity index (χ3v) is 7.88. The van der Waals surface area contributed by atoms with Crippen LogP contribution in [0, 0.1) is 0 Å². The molecule has 5 N–H and O–H groups in total. The number of Topliss-reactive ketones (excluding diaryl/α,β-unsaturated/α-hetero) is 1. The number of phenols is 1. The van der Waals surface area contributed by atoms with Gasteiger partial charge in [0.25, 0.3) is 5.91 Å². The average molecular weight is 603 g/mol. The number of nitrogens with two attached hydrogens (primary N) is 1. The van der Waals surface area contributed by atoms with Crippen LogP contribution in [-0.2, 0) is 35.8 Å². The lowest BCUT2D eigenvalue weighted by atomic mass is 9.75. The Hall–Kier alpha value is -5.10. The molecule has 12 heteroatoms. The number of esters is 2. The number of aromatic amines is 1. The Morgan fingerprint density at radius 2 is 1.89 bits per heavy atom. The maximum atomic E-state index is 13.8. The number of allylic oxidation sites excluding steroid dienone is 2. The van der Waals surface area contributed by atoms with Gasteiger partial charge in [-0.2, -0.15) is 0 Å². The largest absolute Gasteiger partial charge is 0.507 e. The van der Waals surface area contributed by atoms with Crippen LogP contribution < -0.4 is 15.8 Å². The van der Waals surface area contributed by atoms with Crippen molar-refractivity contribution in [1.29, 1.82) is 0 Å². The van der Waals surface area contributed by atoms with Gasteiger partial charge in [0.15, 0.2) is 12.4 Å². The SMILES string of the molecule is COC(=O)C1=CC(C(=O)c2ccccc2O)=CN2CCc3c([nH]c4ccc(OCC(=O)NCCCCN)cc34)C12C(=O)OC. The van der Waals surface area contributed by atoms with Gasteiger partial charge in [-0.05, 0) is 67.8 Å². The van der Waals surface area contributed by atoms with Crippen molar-refractivity contribution in [3.63, 3.8) is 0 Å². The molecule has 2 aliphatic rings. The number of fused-ring (bicyclic) bond motifs is 5. The molecule has 1 atom stereocenters. The topological polar surface area (TPSA) is 173 Å². The number of carbonyl (C=O) groups excluding carboxylic acids is 4. The number of hydrogen-bond acceptors (Lipinski definition) is 10. The highest BCUT2D eigenvalue weighted by molar-refractivity contribution is 6.14. The summed E-state index contributed by atoms with van der Waals surface area (Å²) in [6, 6.07) is 11.3. The number of aromatic hydroxyl groups is 1. The normalized spacial score (nSPS) is 17.1. The number of nitrogens with zero attached hydrogens (tertiary/aromatic N) is 1. The third-order valence-electron chi connectivity index (χ3n) is 7.88. The first-order chi connectivity index (χ1) is 21.3. The summed E-state index contributed by atoms with van der Waals surface area (Å²) in [7, 11) is 2.41. The molecule has 0 bridgehead atoms. The van der Waals surface area contributed by atoms with E-state index in [1.54, 1.807) is 35.2 Å². The van der Waals surface area contributed by atoms with Crippen LogP contribution in [0.5, 0.6) is 11.5 Å². The lowest BCUT2D eigenvalue weighted by Crippen LogP contribution is -2.58. The van der Waals surface area contributed by atoms with Gasteiger partial charge >= 0.3 is 11.9 Å². The van der Waals surface area contributed by atoms with Crippen molar-refractivity contribution in [2.45, 2.75) is 24.8 Å². The van der Waals surface area contributed by atoms with Crippen LogP contribution in [-0.4, -0.2) is 79.1 Å². The van der Waals surface area contributed by atoms with Crippen molar-refractivity contribution in [2.24, 2.45) is 5.73 Å². The van der Waals surface area contributed by atoms with Gasteiger partial charge in [-0.25, -0.2) is 9.59 Å². The molecule has 44 heavy (non-hydrogen) atoms. The number of methoxy groups -OCH3 is 2. The predicted octanol–water partition coefficient (Wildman–Crippen LogP) is 2.21. The molecular formula is C32H34N4O8. The van der Waals surface area contributed by atoms with Gasteiger partial charge in [-0.15, -0.1) is 0 Å². The summed E-state index contributed by atoms with van der Waals surface area (Å²) in [5.41, 5.74) is 5.52. The van der Waals surface area contributed by atoms with Crippen molar-refractivity contribution in [1.82, 2.24) is 15.2 Å². The number of hydrogen-bond donors (Lipinski definition) is 4. The number of aromatic nitrogens is 1. The number of H-pyrrole nitrogens is 1. The van der Waals surface area contributed by atoms with E-state index in [9.17, 15) is 24.3 Å². The van der Waals surface area contributed by atoms with E-state index in [0.717, 1.165) is 23.8 Å². The monoisotopic (exact) mass is 602 g/mol. The van der Waals surface area contributed by atoms with Gasteiger partial charge in [0.1, 0.15) is 11.5 Å². The summed E-state index contributed by atoms with van der Waals surface area (Å²) in [5.74, 6) is -2.13. The van der Waals surface area contributed by atoms with Crippen LogP contribution in [0.15, 0.2) is 65.9 Å². The van der Waals surface area contributed by atoms with Gasteiger partial charge in [-0.1, -0.05) is 12.1 Å². The van der Waals surface area contributed by atoms with Crippen LogP contribution in [0.3, 0.4) is 0 Å². The van der Waals surface area contributed by atoms with Crippen LogP contribution in [0.1, 0.15) is 34.5 Å². The van der Waals surface area contributed by atoms with Crippen LogP contribution in [0.25, 0.3) is 10.9 Å². The number of phenolic OH excluding ortho intramolecular Hbond substituents is 1. The number of carbonyl (C=O) groups is 4. The fraction of sp³-hybridized carbons (Fsp3) is 0.312. The Morgan fingerprint density at radius 1 is 1.09 bits per heavy atom. The van der Waals surface area contributed by atoms with Gasteiger partial charge in [-0.3, -0.25) is 9.59 Å². The first kappa shape index (κ1) is 30.4. The second-order valence-electron chi connectivity index (χ2n) is 10.4. The van der Waals surface area contributed by atoms with E-state index >= 15 is 0 Å². The molecule has 0 fully saturated rings. The van der Waals surface area contributed by atoms with Gasteiger partial charge in [0.05, 0.1) is 31.1 Å². The fourth-order valence-corrected chi connectivity index (χ4v) is 5.78. The molecule has 0 radical (unpaired) electrons. The maximum Gasteiger partial charge on any atom is 0.343 e. The quantitative estimate of drug-likeness (QED) is 0.145. The Labute approximate surface area is 253 Å². The maximum absolute atomic E-state index is 13.8. The second kappa shape index (κ2) is 12.6. The molecule has 1 unspecified atom stereocenters. The summed E-state index contributed by atoms with van der Waals surface area (Å²) >= 11 is 0. The van der Waals surface area contributed by atoms with E-state index in [4.69, 9.17) is 19.9 Å². The van der Waals surface area contributed by atoms with Crippen molar-refractivity contribution < 1.29 is 38.5 Å². The molecule has 3 aromatic rings. The molecule has 0 aliphatic carbocycles. The lowest BCUT2D eigenvalue weighted by Gasteiger charge is -2.46. The van der Waals surface area contributed by atoms with E-state index in [1.807, 2.05) is 0 Å². The number of ether oxygens (including phenoxy) is 3. The van der Waals surface area contributed by atoms with Crippen LogP contribution in [0.2, 0.25) is 0 Å². The Balaban J connectivity index is 1.55. The number of nitrogens with one attached hydrogen (secondary N) is 2. The minimum atomic E-state index is -1.79. The average Bonchev–Trinajstić information content (AvgIpc) is 3.42. The Kier molecular flexibility index (Phi) is 8.72. The van der Waals surface area contributed by atoms with E-state index < -0.39 is 23.3 Å². The molecule has 230 valence electrons. The molecule has 0 saturated heterocycles. The molecule has 1 aromatic heterocycles. The zero-order chi connectivity index (χ0) is 31.4. The fourth-order valence-electron chi connectivity index (χ4n) is 5.78. The minimum Gasteiger partial charge on any atom is -0.507 e. The van der Waals surface area contributed by atoms with E-state index in [-0.39, 0.29) is 41.5 Å². The van der Waals surface area contributed by atoms with E-state index in [2.05, 4.69) is 10.3 Å². The number of unbranched alkanes of at least 4 members (excludes halogenated alkanes) is 1. The number of ketones is 1. The highest BCUT2D eigenvalue weighted by Gasteiger charge is 2.58. The highest BCUT2D eigenvalue weighted by Crippen LogP contribution is 2.48. The summed E-state index contributed by atoms with van der Waals surface area (Å²) < 4.78 is 16.2. The predicted molar refractivity (Wildman–Crippen MR) is 160 cm³/mol. The summed E-state index contributed by atoms with van der Waals surface area (Å²) in [6.45, 7) is 1.14.